The van der Waals surface area contributed by atoms with Gasteiger partial charge in [-0.15, -0.1) is 0 Å². The summed E-state index contributed by atoms with van der Waals surface area (Å²) in [5.41, 5.74) is 2.30. The van der Waals surface area contributed by atoms with Crippen LogP contribution in [0.2, 0.25) is 5.02 Å². The lowest BCUT2D eigenvalue weighted by molar-refractivity contribution is -0.110. The van der Waals surface area contributed by atoms with Crippen LogP contribution in [0.1, 0.15) is 44.1 Å². The summed E-state index contributed by atoms with van der Waals surface area (Å²) in [6.45, 7) is 5.91. The monoisotopic (exact) mass is 454 g/mol. The number of amides is 1. The molecule has 8 heteroatoms. The molecule has 1 saturated carbocycles. The van der Waals surface area contributed by atoms with Crippen LogP contribution >= 0.6 is 23.2 Å². The van der Waals surface area contributed by atoms with Crippen LogP contribution in [-0.4, -0.2) is 26.1 Å². The van der Waals surface area contributed by atoms with E-state index in [2.05, 4.69) is 17.2 Å². The molecule has 5 nitrogen and oxygen atoms in total. The van der Waals surface area contributed by atoms with Crippen molar-refractivity contribution in [1.82, 2.24) is 10.6 Å². The number of sulfone groups is 1. The third-order valence-electron chi connectivity index (χ3n) is 5.31. The van der Waals surface area contributed by atoms with E-state index in [4.69, 9.17) is 23.2 Å². The van der Waals surface area contributed by atoms with Crippen molar-refractivity contribution in [2.45, 2.75) is 54.7 Å². The highest BCUT2D eigenvalue weighted by atomic mass is 35.5. The number of allylic oxidation sites excluding steroid dienone is 4. The molecule has 0 spiro atoms. The smallest absolute Gasteiger partial charge is 0.207 e. The Morgan fingerprint density at radius 2 is 2.03 bits per heavy atom. The molecule has 2 atom stereocenters. The molecule has 2 N–H and O–H groups in total. The minimum atomic E-state index is -3.38. The van der Waals surface area contributed by atoms with Gasteiger partial charge in [0.05, 0.1) is 20.2 Å². The second kappa shape index (κ2) is 8.94. The molecule has 1 amide bonds. The molecule has 0 bridgehead atoms. The summed E-state index contributed by atoms with van der Waals surface area (Å²) in [6, 6.07) is 5.04. The number of hydrogen-bond acceptors (Lipinski definition) is 4. The average Bonchev–Trinajstić information content (AvgIpc) is 3.53. The fourth-order valence-corrected chi connectivity index (χ4v) is 5.77. The maximum Gasteiger partial charge on any atom is 0.207 e. The number of hydrogen-bond donors (Lipinski definition) is 2. The van der Waals surface area contributed by atoms with Crippen molar-refractivity contribution in [2.24, 2.45) is 0 Å². The van der Waals surface area contributed by atoms with Crippen LogP contribution in [0.25, 0.3) is 0 Å². The molecular weight excluding hydrogens is 431 g/mol. The zero-order valence-electron chi connectivity index (χ0n) is 16.1. The number of dihydropyridines is 1. The van der Waals surface area contributed by atoms with E-state index in [1.165, 1.54) is 0 Å². The summed E-state index contributed by atoms with van der Waals surface area (Å²) in [4.78, 5) is 11.2. The molecule has 1 heterocycles. The fraction of sp³-hybridized carbons (Fsp3) is 0.381. The van der Waals surface area contributed by atoms with Crippen LogP contribution in [0.5, 0.6) is 0 Å². The van der Waals surface area contributed by atoms with Gasteiger partial charge in [0, 0.05) is 23.4 Å². The molecule has 2 aliphatic rings. The van der Waals surface area contributed by atoms with Crippen LogP contribution < -0.4 is 10.6 Å². The molecule has 1 aliphatic heterocycles. The van der Waals surface area contributed by atoms with Crippen LogP contribution in [0.4, 0.5) is 0 Å². The topological polar surface area (TPSA) is 75.3 Å². The normalized spacial score (nSPS) is 18.9. The zero-order valence-corrected chi connectivity index (χ0v) is 18.4. The van der Waals surface area contributed by atoms with E-state index in [-0.39, 0.29) is 27.1 Å². The maximum atomic E-state index is 12.6. The number of benzene rings is 1. The number of rotatable bonds is 9. The second-order valence-corrected chi connectivity index (χ2v) is 10.4. The molecule has 0 saturated heterocycles. The lowest BCUT2D eigenvalue weighted by Gasteiger charge is -2.28. The van der Waals surface area contributed by atoms with Gasteiger partial charge in [-0.25, -0.2) is 8.42 Å². The van der Waals surface area contributed by atoms with Gasteiger partial charge in [0.15, 0.2) is 9.84 Å². The Hall–Kier alpha value is -1.76. The van der Waals surface area contributed by atoms with E-state index < -0.39 is 9.84 Å². The van der Waals surface area contributed by atoms with Crippen LogP contribution in [-0.2, 0) is 14.6 Å². The Kier molecular flexibility index (Phi) is 6.76. The highest BCUT2D eigenvalue weighted by Crippen LogP contribution is 2.39. The number of halogens is 2. The van der Waals surface area contributed by atoms with E-state index in [1.807, 2.05) is 13.0 Å². The minimum Gasteiger partial charge on any atom is -0.358 e. The summed E-state index contributed by atoms with van der Waals surface area (Å²) in [5, 5.41) is 6.48. The summed E-state index contributed by atoms with van der Waals surface area (Å²) in [5.74, 6) is -0.152. The van der Waals surface area contributed by atoms with Gasteiger partial charge < -0.3 is 10.6 Å². The molecule has 1 aromatic carbocycles. The predicted molar refractivity (Wildman–Crippen MR) is 117 cm³/mol. The van der Waals surface area contributed by atoms with E-state index in [0.29, 0.717) is 36.4 Å². The predicted octanol–water partition coefficient (Wildman–Crippen LogP) is 4.40. The first-order chi connectivity index (χ1) is 13.8. The van der Waals surface area contributed by atoms with Crippen LogP contribution in [0.15, 0.2) is 58.3 Å². The Bertz CT molecular complexity index is 982. The van der Waals surface area contributed by atoms with Crippen molar-refractivity contribution >= 4 is 39.4 Å². The molecule has 156 valence electrons. The largest absolute Gasteiger partial charge is 0.358 e. The first-order valence-electron chi connectivity index (χ1n) is 9.54. The molecule has 29 heavy (non-hydrogen) atoms. The van der Waals surface area contributed by atoms with Crippen LogP contribution in [0.3, 0.4) is 0 Å². The molecule has 1 unspecified atom stereocenters. The van der Waals surface area contributed by atoms with Crippen molar-refractivity contribution < 1.29 is 13.2 Å². The summed E-state index contributed by atoms with van der Waals surface area (Å²) in [6.07, 6.45) is 7.07. The summed E-state index contributed by atoms with van der Waals surface area (Å²) >= 11 is 12.5. The van der Waals surface area contributed by atoms with Gasteiger partial charge in [-0.3, -0.25) is 4.79 Å². The Morgan fingerprint density at radius 1 is 1.31 bits per heavy atom. The maximum absolute atomic E-state index is 12.6. The highest BCUT2D eigenvalue weighted by molar-refractivity contribution is 7.92. The third kappa shape index (κ3) is 4.87. The number of carbonyl (C=O) groups is 1. The van der Waals surface area contributed by atoms with Crippen LogP contribution in [0, 0.1) is 0 Å². The zero-order chi connectivity index (χ0) is 21.2. The van der Waals surface area contributed by atoms with Crippen molar-refractivity contribution in [3.63, 3.8) is 0 Å². The van der Waals surface area contributed by atoms with E-state index in [1.54, 1.807) is 24.3 Å². The van der Waals surface area contributed by atoms with Crippen molar-refractivity contribution in [3.05, 3.63) is 63.9 Å². The first-order valence-corrected chi connectivity index (χ1v) is 11.8. The molecular formula is C21H24Cl2N2O3S. The lowest BCUT2D eigenvalue weighted by atomic mass is 9.87. The fourth-order valence-electron chi connectivity index (χ4n) is 3.44. The van der Waals surface area contributed by atoms with Gasteiger partial charge in [-0.05, 0) is 55.5 Å². The molecule has 0 radical (unpaired) electrons. The quantitative estimate of drug-likeness (QED) is 0.542. The summed E-state index contributed by atoms with van der Waals surface area (Å²) in [7, 11) is -3.38. The lowest BCUT2D eigenvalue weighted by Crippen LogP contribution is -2.31. The van der Waals surface area contributed by atoms with Gasteiger partial charge in [-0.2, -0.15) is 0 Å². The van der Waals surface area contributed by atoms with E-state index >= 15 is 0 Å². The SMILES string of the molecule is C=C1NC(C(C[C@@H](CC)NC=O)c2ccc(S(=O)(=O)C3CC3)c(Cl)c2)=CC=C1Cl. The summed E-state index contributed by atoms with van der Waals surface area (Å²) < 4.78 is 25.2. The first kappa shape index (κ1) is 21.9. The molecule has 1 aromatic rings. The number of carbonyl (C=O) groups excluding carboxylic acids is 1. The van der Waals surface area contributed by atoms with E-state index in [0.717, 1.165) is 17.7 Å². The van der Waals surface area contributed by atoms with Gasteiger partial charge in [0.1, 0.15) is 0 Å². The van der Waals surface area contributed by atoms with Crippen molar-refractivity contribution in [2.75, 3.05) is 0 Å². The molecule has 3 rings (SSSR count). The molecule has 1 aliphatic carbocycles. The molecule has 0 aromatic heterocycles. The van der Waals surface area contributed by atoms with E-state index in [9.17, 15) is 13.2 Å². The Balaban J connectivity index is 1.98. The average molecular weight is 455 g/mol. The standard InChI is InChI=1S/C21H24Cl2N2O3S/c1-3-15(24-12-26)11-17(20-8-7-18(22)13(2)25-20)14-4-9-21(19(23)10-14)29(27,28)16-5-6-16/h4,7-10,12,15-17,25H,2-3,5-6,11H2,1H3,(H,24,26)/t15-,17?/m1/s1. The van der Waals surface area contributed by atoms with Gasteiger partial charge in [-0.1, -0.05) is 42.8 Å². The molecule has 1 fully saturated rings. The van der Waals surface area contributed by atoms with Crippen molar-refractivity contribution in [1.29, 1.82) is 0 Å². The van der Waals surface area contributed by atoms with Gasteiger partial charge >= 0.3 is 0 Å². The Labute approximate surface area is 181 Å². The minimum absolute atomic E-state index is 0.0523. The third-order valence-corrected chi connectivity index (χ3v) is 8.41. The second-order valence-electron chi connectivity index (χ2n) is 7.35. The van der Waals surface area contributed by atoms with Gasteiger partial charge in [0.2, 0.25) is 6.41 Å². The number of nitrogens with one attached hydrogen (secondary N) is 2. The van der Waals surface area contributed by atoms with Crippen molar-refractivity contribution in [3.8, 4) is 0 Å². The van der Waals surface area contributed by atoms with Gasteiger partial charge in [0.25, 0.3) is 0 Å². The Morgan fingerprint density at radius 3 is 2.59 bits per heavy atom. The highest BCUT2D eigenvalue weighted by Gasteiger charge is 2.38.